The molecule has 0 unspecified atom stereocenters. The molecule has 0 nitrogen and oxygen atoms in total. The molecule has 0 aliphatic carbocycles. The molecule has 2 rings (SSSR count). The second-order valence-electron chi connectivity index (χ2n) is 3.88. The first-order chi connectivity index (χ1) is 8.06. The van der Waals surface area contributed by atoms with Crippen molar-refractivity contribution in [3.63, 3.8) is 0 Å². The van der Waals surface area contributed by atoms with Gasteiger partial charge in [0.05, 0.1) is 0 Å². The van der Waals surface area contributed by atoms with Crippen molar-refractivity contribution in [2.75, 3.05) is 0 Å². The lowest BCUT2D eigenvalue weighted by Gasteiger charge is -1.96. The van der Waals surface area contributed by atoms with Gasteiger partial charge in [-0.1, -0.05) is 12.1 Å². The van der Waals surface area contributed by atoms with Gasteiger partial charge >= 0.3 is 21.2 Å². The predicted octanol–water partition coefficient (Wildman–Crippen LogP) is 0.710. The highest BCUT2D eigenvalue weighted by atomic mass is 127. The zero-order valence-corrected chi connectivity index (χ0v) is 11.8. The molecule has 3 heteroatoms. The number of hydrogen-bond donors (Lipinski definition) is 0. The van der Waals surface area contributed by atoms with Crippen LogP contribution in [-0.2, 0) is 0 Å². The largest absolute Gasteiger partial charge is 0.358 e. The molecular formula is C14H12F2I+. The Bertz CT molecular complexity index is 500. The molecule has 0 aliphatic heterocycles. The highest BCUT2D eigenvalue weighted by Crippen LogP contribution is 2.03. The summed E-state index contributed by atoms with van der Waals surface area (Å²) in [5.41, 5.74) is 2.14. The molecule has 0 heterocycles. The van der Waals surface area contributed by atoms with Crippen LogP contribution in [0.3, 0.4) is 0 Å². The molecule has 0 saturated carbocycles. The summed E-state index contributed by atoms with van der Waals surface area (Å²) in [5.74, 6) is -0.446. The minimum atomic E-state index is -0.528. The van der Waals surface area contributed by atoms with Gasteiger partial charge in [-0.25, -0.2) is 8.78 Å². The van der Waals surface area contributed by atoms with E-state index in [1.165, 1.54) is 12.1 Å². The third-order valence-corrected chi connectivity index (χ3v) is 5.96. The highest BCUT2D eigenvalue weighted by molar-refractivity contribution is 5.16. The van der Waals surface area contributed by atoms with Crippen molar-refractivity contribution >= 4 is 0 Å². The summed E-state index contributed by atoms with van der Waals surface area (Å²) in [5, 5.41) is 0. The molecule has 0 spiro atoms. The average Bonchev–Trinajstić information content (AvgIpc) is 2.28. The Kier molecular flexibility index (Phi) is 3.76. The van der Waals surface area contributed by atoms with E-state index in [0.29, 0.717) is 0 Å². The zero-order valence-electron chi connectivity index (χ0n) is 9.60. The molecule has 0 aliphatic rings. The number of benzene rings is 2. The SMILES string of the molecule is Cc1ccc(F)cc1[I+]c1cc(F)ccc1C. The van der Waals surface area contributed by atoms with Gasteiger partial charge in [-0.15, -0.1) is 0 Å². The zero-order chi connectivity index (χ0) is 12.4. The van der Waals surface area contributed by atoms with E-state index in [1.807, 2.05) is 13.8 Å². The van der Waals surface area contributed by atoms with Crippen molar-refractivity contribution in [3.05, 3.63) is 66.3 Å². The fourth-order valence-electron chi connectivity index (χ4n) is 1.45. The van der Waals surface area contributed by atoms with Gasteiger partial charge in [-0.05, 0) is 26.0 Å². The Morgan fingerprint density at radius 3 is 1.59 bits per heavy atom. The highest BCUT2D eigenvalue weighted by Gasteiger charge is 2.21. The van der Waals surface area contributed by atoms with E-state index >= 15 is 0 Å². The molecule has 0 amide bonds. The van der Waals surface area contributed by atoms with Crippen molar-refractivity contribution in [2.45, 2.75) is 13.8 Å². The molecule has 0 bridgehead atoms. The standard InChI is InChI=1S/C14H12F2I/c1-9-3-5-11(15)7-13(9)17-14-8-12(16)6-4-10(14)2/h3-8H,1-2H3/q+1. The summed E-state index contributed by atoms with van der Waals surface area (Å²) in [6.45, 7) is 3.92. The van der Waals surface area contributed by atoms with Gasteiger partial charge in [-0.3, -0.25) is 0 Å². The number of hydrogen-bond acceptors (Lipinski definition) is 0. The van der Waals surface area contributed by atoms with E-state index in [-0.39, 0.29) is 11.6 Å². The Balaban J connectivity index is 2.37. The summed E-state index contributed by atoms with van der Waals surface area (Å²) in [6.07, 6.45) is 0. The molecule has 0 atom stereocenters. The molecule has 0 saturated heterocycles. The fraction of sp³-hybridized carbons (Fsp3) is 0.143. The van der Waals surface area contributed by atoms with Crippen LogP contribution in [0.25, 0.3) is 0 Å². The minimum absolute atomic E-state index is 0.223. The molecule has 2 aromatic rings. The quantitative estimate of drug-likeness (QED) is 0.704. The fourth-order valence-corrected chi connectivity index (χ4v) is 4.19. The molecule has 2 aromatic carbocycles. The smallest absolute Gasteiger partial charge is 0.207 e. The summed E-state index contributed by atoms with van der Waals surface area (Å²) in [6, 6.07) is 9.60. The van der Waals surface area contributed by atoms with Crippen molar-refractivity contribution in [1.29, 1.82) is 0 Å². The summed E-state index contributed by atoms with van der Waals surface area (Å²) < 4.78 is 28.4. The molecule has 0 aromatic heterocycles. The van der Waals surface area contributed by atoms with Crippen LogP contribution in [-0.4, -0.2) is 0 Å². The van der Waals surface area contributed by atoms with Gasteiger partial charge in [0.25, 0.3) is 0 Å². The Morgan fingerprint density at radius 2 is 1.18 bits per heavy atom. The Hall–Kier alpha value is -0.970. The molecule has 0 radical (unpaired) electrons. The lowest BCUT2D eigenvalue weighted by molar-refractivity contribution is -0.599. The third kappa shape index (κ3) is 3.03. The van der Waals surface area contributed by atoms with Crippen molar-refractivity contribution in [1.82, 2.24) is 0 Å². The first-order valence-corrected chi connectivity index (χ1v) is 7.39. The topological polar surface area (TPSA) is 0 Å². The van der Waals surface area contributed by atoms with Gasteiger partial charge < -0.3 is 0 Å². The lowest BCUT2D eigenvalue weighted by Crippen LogP contribution is -3.62. The second kappa shape index (κ2) is 5.12. The van der Waals surface area contributed by atoms with Crippen LogP contribution in [0.2, 0.25) is 0 Å². The van der Waals surface area contributed by atoms with Gasteiger partial charge in [0, 0.05) is 23.3 Å². The van der Waals surface area contributed by atoms with Crippen LogP contribution < -0.4 is 21.2 Å². The summed E-state index contributed by atoms with van der Waals surface area (Å²) in [7, 11) is 0. The normalized spacial score (nSPS) is 10.6. The second-order valence-corrected chi connectivity index (χ2v) is 6.75. The van der Waals surface area contributed by atoms with Crippen LogP contribution in [0.15, 0.2) is 36.4 Å². The predicted molar refractivity (Wildman–Crippen MR) is 59.7 cm³/mol. The van der Waals surface area contributed by atoms with Crippen molar-refractivity contribution in [2.24, 2.45) is 0 Å². The summed E-state index contributed by atoms with van der Waals surface area (Å²) >= 11 is -0.528. The monoisotopic (exact) mass is 345 g/mol. The van der Waals surface area contributed by atoms with Crippen LogP contribution in [0, 0.1) is 32.6 Å². The van der Waals surface area contributed by atoms with E-state index in [9.17, 15) is 8.78 Å². The summed E-state index contributed by atoms with van der Waals surface area (Å²) in [4.78, 5) is 0. The molecule has 88 valence electrons. The van der Waals surface area contributed by atoms with E-state index in [2.05, 4.69) is 0 Å². The lowest BCUT2D eigenvalue weighted by atomic mass is 10.2. The minimum Gasteiger partial charge on any atom is -0.207 e. The first-order valence-electron chi connectivity index (χ1n) is 5.23. The molecule has 0 fully saturated rings. The maximum Gasteiger partial charge on any atom is 0.358 e. The Morgan fingerprint density at radius 1 is 0.765 bits per heavy atom. The van der Waals surface area contributed by atoms with Crippen molar-refractivity contribution < 1.29 is 30.0 Å². The number of aryl methyl sites for hydroxylation is 2. The third-order valence-electron chi connectivity index (χ3n) is 2.47. The van der Waals surface area contributed by atoms with Crippen molar-refractivity contribution in [3.8, 4) is 0 Å². The van der Waals surface area contributed by atoms with E-state index in [0.717, 1.165) is 18.3 Å². The maximum absolute atomic E-state index is 13.2. The molecule has 17 heavy (non-hydrogen) atoms. The van der Waals surface area contributed by atoms with Gasteiger partial charge in [-0.2, -0.15) is 0 Å². The molecule has 0 N–H and O–H groups in total. The van der Waals surface area contributed by atoms with Crippen LogP contribution >= 0.6 is 0 Å². The number of rotatable bonds is 2. The van der Waals surface area contributed by atoms with Gasteiger partial charge in [0.1, 0.15) is 11.6 Å². The molecular weight excluding hydrogens is 333 g/mol. The first kappa shape index (κ1) is 12.5. The number of halogens is 3. The van der Waals surface area contributed by atoms with E-state index in [1.54, 1.807) is 24.3 Å². The Labute approximate surface area is 110 Å². The maximum atomic E-state index is 13.2. The van der Waals surface area contributed by atoms with Crippen LogP contribution in [0.1, 0.15) is 11.1 Å². The van der Waals surface area contributed by atoms with E-state index in [4.69, 9.17) is 0 Å². The van der Waals surface area contributed by atoms with Crippen LogP contribution in [0.5, 0.6) is 0 Å². The van der Waals surface area contributed by atoms with Gasteiger partial charge in [0.2, 0.25) is 0 Å². The van der Waals surface area contributed by atoms with Crippen LogP contribution in [0.4, 0.5) is 8.78 Å². The average molecular weight is 345 g/mol. The van der Waals surface area contributed by atoms with E-state index < -0.39 is 21.2 Å². The van der Waals surface area contributed by atoms with Gasteiger partial charge in [0.15, 0.2) is 7.14 Å².